The van der Waals surface area contributed by atoms with Gasteiger partial charge in [-0.15, -0.1) is 0 Å². The summed E-state index contributed by atoms with van der Waals surface area (Å²) in [5.74, 6) is 4.12. The number of carbonyl (C=O) groups is 1. The van der Waals surface area contributed by atoms with Gasteiger partial charge >= 0.3 is 5.97 Å². The molecule has 0 aliphatic rings. The first kappa shape index (κ1) is 17.3. The molecule has 0 heterocycles. The minimum atomic E-state index is -4.00. The summed E-state index contributed by atoms with van der Waals surface area (Å²) >= 11 is 5.83. The van der Waals surface area contributed by atoms with Gasteiger partial charge in [0.05, 0.1) is 12.8 Å². The van der Waals surface area contributed by atoms with E-state index >= 15 is 0 Å². The molecule has 1 rings (SSSR count). The number of sulfonamides is 1. The number of rotatable bonds is 4. The zero-order valence-corrected chi connectivity index (χ0v) is 13.0. The topological polar surface area (TPSA) is 92.7 Å². The van der Waals surface area contributed by atoms with E-state index in [2.05, 4.69) is 21.3 Å². The molecule has 6 nitrogen and oxygen atoms in total. The second kappa shape index (κ2) is 7.31. The van der Waals surface area contributed by atoms with Crippen LogP contribution in [0.1, 0.15) is 12.5 Å². The van der Waals surface area contributed by atoms with Crippen molar-refractivity contribution in [1.82, 2.24) is 0 Å². The predicted molar refractivity (Wildman–Crippen MR) is 79.4 cm³/mol. The highest BCUT2D eigenvalue weighted by atomic mass is 35.5. The second-order valence-corrected chi connectivity index (χ2v) is 6.40. The van der Waals surface area contributed by atoms with Crippen LogP contribution in [0.4, 0.5) is 5.69 Å². The molecule has 0 saturated heterocycles. The van der Waals surface area contributed by atoms with Crippen LogP contribution in [-0.2, 0) is 19.6 Å². The van der Waals surface area contributed by atoms with E-state index in [0.717, 1.165) is 7.11 Å². The molecule has 0 radical (unpaired) electrons. The van der Waals surface area contributed by atoms with Crippen LogP contribution in [0.15, 0.2) is 18.2 Å². The van der Waals surface area contributed by atoms with E-state index in [4.69, 9.17) is 16.7 Å². The van der Waals surface area contributed by atoms with Crippen molar-refractivity contribution in [2.24, 2.45) is 0 Å². The number of esters is 1. The summed E-state index contributed by atoms with van der Waals surface area (Å²) in [4.78, 5) is 11.3. The van der Waals surface area contributed by atoms with E-state index in [0.29, 0.717) is 10.6 Å². The molecule has 21 heavy (non-hydrogen) atoms. The van der Waals surface area contributed by atoms with Gasteiger partial charge in [-0.05, 0) is 25.1 Å². The number of aliphatic hydroxyl groups excluding tert-OH is 1. The quantitative estimate of drug-likeness (QED) is 0.634. The van der Waals surface area contributed by atoms with E-state index in [9.17, 15) is 13.2 Å². The SMILES string of the molecule is COC(=O)C(C)S(=O)(=O)Nc1cc(Cl)ccc1C#CCO. The first-order chi connectivity index (χ1) is 9.81. The van der Waals surface area contributed by atoms with E-state index in [1.165, 1.54) is 25.1 Å². The molecule has 1 aromatic rings. The van der Waals surface area contributed by atoms with Crippen molar-refractivity contribution < 1.29 is 23.1 Å². The Balaban J connectivity index is 3.17. The monoisotopic (exact) mass is 331 g/mol. The van der Waals surface area contributed by atoms with E-state index < -0.39 is 21.2 Å². The molecule has 8 heteroatoms. The number of benzene rings is 1. The Morgan fingerprint density at radius 1 is 1.52 bits per heavy atom. The second-order valence-electron chi connectivity index (χ2n) is 3.96. The van der Waals surface area contributed by atoms with Crippen molar-refractivity contribution in [3.8, 4) is 11.8 Å². The van der Waals surface area contributed by atoms with Crippen molar-refractivity contribution in [3.05, 3.63) is 28.8 Å². The lowest BCUT2D eigenvalue weighted by atomic mass is 10.2. The summed E-state index contributed by atoms with van der Waals surface area (Å²) < 4.78 is 30.8. The average Bonchev–Trinajstić information content (AvgIpc) is 2.44. The lowest BCUT2D eigenvalue weighted by Gasteiger charge is -2.14. The normalized spacial score (nSPS) is 12.0. The van der Waals surface area contributed by atoms with Crippen LogP contribution in [0.2, 0.25) is 5.02 Å². The maximum absolute atomic E-state index is 12.1. The molecule has 1 unspecified atom stereocenters. The van der Waals surface area contributed by atoms with Gasteiger partial charge in [-0.2, -0.15) is 0 Å². The fourth-order valence-electron chi connectivity index (χ4n) is 1.38. The minimum Gasteiger partial charge on any atom is -0.468 e. The Hall–Kier alpha value is -1.75. The Morgan fingerprint density at radius 3 is 2.76 bits per heavy atom. The Kier molecular flexibility index (Phi) is 6.03. The summed E-state index contributed by atoms with van der Waals surface area (Å²) in [7, 11) is -2.90. The lowest BCUT2D eigenvalue weighted by molar-refractivity contribution is -0.139. The van der Waals surface area contributed by atoms with Gasteiger partial charge in [0.2, 0.25) is 10.0 Å². The molecular weight excluding hydrogens is 318 g/mol. The molecule has 0 bridgehead atoms. The van der Waals surface area contributed by atoms with Gasteiger partial charge in [0.25, 0.3) is 0 Å². The summed E-state index contributed by atoms with van der Waals surface area (Å²) in [5, 5.41) is 7.61. The third kappa shape index (κ3) is 4.63. The zero-order chi connectivity index (χ0) is 16.0. The number of nitrogens with one attached hydrogen (secondary N) is 1. The number of hydrogen-bond donors (Lipinski definition) is 2. The van der Waals surface area contributed by atoms with Crippen LogP contribution in [0.5, 0.6) is 0 Å². The van der Waals surface area contributed by atoms with Crippen LogP contribution in [-0.4, -0.2) is 38.5 Å². The van der Waals surface area contributed by atoms with Gasteiger partial charge in [0, 0.05) is 10.6 Å². The Morgan fingerprint density at radius 2 is 2.19 bits per heavy atom. The highest BCUT2D eigenvalue weighted by molar-refractivity contribution is 7.94. The molecule has 2 N–H and O–H groups in total. The Bertz CT molecular complexity index is 690. The number of anilines is 1. The number of aliphatic hydroxyl groups is 1. The molecule has 114 valence electrons. The number of carbonyl (C=O) groups excluding carboxylic acids is 1. The fourth-order valence-corrected chi connectivity index (χ4v) is 2.55. The van der Waals surface area contributed by atoms with Gasteiger partial charge in [-0.1, -0.05) is 23.4 Å². The molecular formula is C13H14ClNO5S. The van der Waals surface area contributed by atoms with E-state index in [1.54, 1.807) is 0 Å². The molecule has 0 aliphatic carbocycles. The summed E-state index contributed by atoms with van der Waals surface area (Å²) in [6.07, 6.45) is 0. The summed E-state index contributed by atoms with van der Waals surface area (Å²) in [6, 6.07) is 4.40. The van der Waals surface area contributed by atoms with Crippen molar-refractivity contribution in [1.29, 1.82) is 0 Å². The molecule has 0 fully saturated rings. The van der Waals surface area contributed by atoms with Crippen LogP contribution in [0.3, 0.4) is 0 Å². The molecule has 1 aromatic carbocycles. The highest BCUT2D eigenvalue weighted by Gasteiger charge is 2.29. The van der Waals surface area contributed by atoms with Crippen LogP contribution in [0.25, 0.3) is 0 Å². The van der Waals surface area contributed by atoms with Gasteiger partial charge in [-0.25, -0.2) is 8.42 Å². The van der Waals surface area contributed by atoms with Gasteiger partial charge in [-0.3, -0.25) is 9.52 Å². The van der Waals surface area contributed by atoms with E-state index in [1.807, 2.05) is 0 Å². The molecule has 0 saturated carbocycles. The molecule has 1 atom stereocenters. The van der Waals surface area contributed by atoms with Crippen molar-refractivity contribution in [3.63, 3.8) is 0 Å². The summed E-state index contributed by atoms with van der Waals surface area (Å²) in [6.45, 7) is 0.838. The smallest absolute Gasteiger partial charge is 0.325 e. The van der Waals surface area contributed by atoms with Gasteiger partial charge in [0.15, 0.2) is 5.25 Å². The fraction of sp³-hybridized carbons (Fsp3) is 0.308. The van der Waals surface area contributed by atoms with Crippen molar-refractivity contribution in [2.45, 2.75) is 12.2 Å². The number of methoxy groups -OCH3 is 1. The first-order valence-corrected chi connectivity index (χ1v) is 7.73. The van der Waals surface area contributed by atoms with Gasteiger partial charge in [0.1, 0.15) is 6.61 Å². The minimum absolute atomic E-state index is 0.124. The molecule has 0 spiro atoms. The highest BCUT2D eigenvalue weighted by Crippen LogP contribution is 2.22. The number of hydrogen-bond acceptors (Lipinski definition) is 5. The Labute approximate surface area is 128 Å². The first-order valence-electron chi connectivity index (χ1n) is 5.80. The maximum Gasteiger partial charge on any atom is 0.325 e. The molecule has 0 aromatic heterocycles. The largest absolute Gasteiger partial charge is 0.468 e. The number of halogens is 1. The molecule has 0 aliphatic heterocycles. The third-order valence-corrected chi connectivity index (χ3v) is 4.40. The third-order valence-electron chi connectivity index (χ3n) is 2.53. The lowest BCUT2D eigenvalue weighted by Crippen LogP contribution is -2.33. The summed E-state index contributed by atoms with van der Waals surface area (Å²) in [5.41, 5.74) is 0.452. The van der Waals surface area contributed by atoms with E-state index in [-0.39, 0.29) is 12.3 Å². The van der Waals surface area contributed by atoms with Crippen molar-refractivity contribution >= 4 is 33.3 Å². The number of ether oxygens (including phenoxy) is 1. The maximum atomic E-state index is 12.1. The average molecular weight is 332 g/mol. The van der Waals surface area contributed by atoms with Crippen LogP contribution in [0, 0.1) is 11.8 Å². The van der Waals surface area contributed by atoms with Gasteiger partial charge < -0.3 is 9.84 Å². The zero-order valence-electron chi connectivity index (χ0n) is 11.4. The van der Waals surface area contributed by atoms with Crippen molar-refractivity contribution in [2.75, 3.05) is 18.4 Å². The van der Waals surface area contributed by atoms with Crippen LogP contribution >= 0.6 is 11.6 Å². The standard InChI is InChI=1S/C13H14ClNO5S/c1-9(13(17)20-2)21(18,19)15-12-8-11(14)6-5-10(12)4-3-7-16/h5-6,8-9,15-16H,7H2,1-2H3. The molecule has 0 amide bonds. The van der Waals surface area contributed by atoms with Crippen LogP contribution < -0.4 is 4.72 Å². The predicted octanol–water partition coefficient (Wildman–Crippen LogP) is 0.987.